The number of aromatic nitrogens is 2. The quantitative estimate of drug-likeness (QED) is 0.844. The molecule has 0 spiro atoms. The van der Waals surface area contributed by atoms with E-state index < -0.39 is 0 Å². The van der Waals surface area contributed by atoms with Gasteiger partial charge >= 0.3 is 0 Å². The molecule has 1 N–H and O–H groups in total. The Bertz CT molecular complexity index is 387. The molecule has 0 atom stereocenters. The molecule has 1 aromatic rings. The molecular weight excluding hydrogens is 200 g/mol. The van der Waals surface area contributed by atoms with Crippen LogP contribution in [0.4, 0.5) is 11.6 Å². The first-order chi connectivity index (χ1) is 7.58. The summed E-state index contributed by atoms with van der Waals surface area (Å²) in [5.41, 5.74) is 1.27. The van der Waals surface area contributed by atoms with E-state index in [-0.39, 0.29) is 0 Å². The molecular formula is C12H20N4. The molecule has 4 nitrogen and oxygen atoms in total. The van der Waals surface area contributed by atoms with Gasteiger partial charge in [-0.1, -0.05) is 13.8 Å². The predicted molar refractivity (Wildman–Crippen MR) is 67.1 cm³/mol. The van der Waals surface area contributed by atoms with Gasteiger partial charge in [-0.25, -0.2) is 9.97 Å². The highest BCUT2D eigenvalue weighted by atomic mass is 15.2. The summed E-state index contributed by atoms with van der Waals surface area (Å²) in [5, 5.41) is 3.31. The van der Waals surface area contributed by atoms with Gasteiger partial charge in [-0.3, -0.25) is 0 Å². The van der Waals surface area contributed by atoms with Crippen molar-refractivity contribution in [3.05, 3.63) is 11.4 Å². The standard InChI is InChI=1S/C12H20N4/c1-8(2)7-16(4)12-10-5-6-13-11(10)14-9(3)15-12/h8H,5-7H2,1-4H3,(H,13,14,15). The van der Waals surface area contributed by atoms with Gasteiger partial charge in [-0.2, -0.15) is 0 Å². The lowest BCUT2D eigenvalue weighted by Crippen LogP contribution is -2.25. The monoisotopic (exact) mass is 220 g/mol. The van der Waals surface area contributed by atoms with E-state index in [2.05, 4.69) is 41.1 Å². The van der Waals surface area contributed by atoms with Crippen LogP contribution in [0, 0.1) is 12.8 Å². The topological polar surface area (TPSA) is 41.1 Å². The average molecular weight is 220 g/mol. The maximum atomic E-state index is 4.57. The molecule has 0 aromatic carbocycles. The highest BCUT2D eigenvalue weighted by molar-refractivity contribution is 5.62. The number of nitrogens with zero attached hydrogens (tertiary/aromatic N) is 3. The minimum absolute atomic E-state index is 0.644. The molecule has 0 unspecified atom stereocenters. The largest absolute Gasteiger partial charge is 0.369 e. The molecule has 0 amide bonds. The zero-order valence-electron chi connectivity index (χ0n) is 10.5. The molecule has 0 aliphatic carbocycles. The summed E-state index contributed by atoms with van der Waals surface area (Å²) in [4.78, 5) is 11.2. The Hall–Kier alpha value is -1.32. The number of hydrogen-bond acceptors (Lipinski definition) is 4. The van der Waals surface area contributed by atoms with Crippen molar-refractivity contribution in [2.24, 2.45) is 5.92 Å². The third-order valence-corrected chi connectivity index (χ3v) is 2.77. The van der Waals surface area contributed by atoms with Crippen molar-refractivity contribution < 1.29 is 0 Å². The molecule has 0 saturated heterocycles. The van der Waals surface area contributed by atoms with Crippen LogP contribution in [0.25, 0.3) is 0 Å². The van der Waals surface area contributed by atoms with E-state index in [1.54, 1.807) is 0 Å². The van der Waals surface area contributed by atoms with Crippen LogP contribution >= 0.6 is 0 Å². The summed E-state index contributed by atoms with van der Waals surface area (Å²) in [6.07, 6.45) is 1.04. The molecule has 2 heterocycles. The van der Waals surface area contributed by atoms with Gasteiger partial charge in [0.15, 0.2) is 0 Å². The molecule has 1 aromatic heterocycles. The van der Waals surface area contributed by atoms with Crippen LogP contribution in [0.1, 0.15) is 25.2 Å². The maximum absolute atomic E-state index is 4.57. The number of anilines is 2. The smallest absolute Gasteiger partial charge is 0.137 e. The van der Waals surface area contributed by atoms with Crippen molar-refractivity contribution in [1.82, 2.24) is 9.97 Å². The van der Waals surface area contributed by atoms with Gasteiger partial charge in [-0.05, 0) is 19.3 Å². The van der Waals surface area contributed by atoms with E-state index in [4.69, 9.17) is 0 Å². The second-order valence-corrected chi connectivity index (χ2v) is 4.87. The van der Waals surface area contributed by atoms with E-state index in [1.165, 1.54) is 5.56 Å². The molecule has 0 fully saturated rings. The minimum Gasteiger partial charge on any atom is -0.369 e. The number of fused-ring (bicyclic) bond motifs is 1. The van der Waals surface area contributed by atoms with Crippen molar-refractivity contribution in [3.63, 3.8) is 0 Å². The minimum atomic E-state index is 0.644. The number of rotatable bonds is 3. The summed E-state index contributed by atoms with van der Waals surface area (Å²) in [6, 6.07) is 0. The zero-order valence-corrected chi connectivity index (χ0v) is 10.5. The average Bonchev–Trinajstić information content (AvgIpc) is 2.62. The van der Waals surface area contributed by atoms with E-state index >= 15 is 0 Å². The van der Waals surface area contributed by atoms with Gasteiger partial charge < -0.3 is 10.2 Å². The summed E-state index contributed by atoms with van der Waals surface area (Å²) >= 11 is 0. The Morgan fingerprint density at radius 3 is 2.81 bits per heavy atom. The van der Waals surface area contributed by atoms with Gasteiger partial charge in [0.1, 0.15) is 17.5 Å². The fourth-order valence-corrected chi connectivity index (χ4v) is 2.21. The highest BCUT2D eigenvalue weighted by Crippen LogP contribution is 2.28. The van der Waals surface area contributed by atoms with Crippen molar-refractivity contribution >= 4 is 11.6 Å². The normalized spacial score (nSPS) is 13.8. The molecule has 2 rings (SSSR count). The van der Waals surface area contributed by atoms with Crippen molar-refractivity contribution in [3.8, 4) is 0 Å². The van der Waals surface area contributed by atoms with Crippen LogP contribution in [-0.4, -0.2) is 30.1 Å². The van der Waals surface area contributed by atoms with Crippen molar-refractivity contribution in [2.75, 3.05) is 30.4 Å². The number of hydrogen-bond donors (Lipinski definition) is 1. The summed E-state index contributed by atoms with van der Waals surface area (Å²) in [5.74, 6) is 3.61. The van der Waals surface area contributed by atoms with Gasteiger partial charge in [0, 0.05) is 25.7 Å². The van der Waals surface area contributed by atoms with Gasteiger partial charge in [0.25, 0.3) is 0 Å². The Morgan fingerprint density at radius 1 is 1.38 bits per heavy atom. The van der Waals surface area contributed by atoms with Crippen LogP contribution in [0.5, 0.6) is 0 Å². The van der Waals surface area contributed by atoms with Gasteiger partial charge in [0.05, 0.1) is 0 Å². The second-order valence-electron chi connectivity index (χ2n) is 4.87. The Balaban J connectivity index is 2.33. The first kappa shape index (κ1) is 11.2. The zero-order chi connectivity index (χ0) is 11.7. The van der Waals surface area contributed by atoms with E-state index in [1.807, 2.05) is 6.92 Å². The van der Waals surface area contributed by atoms with Crippen LogP contribution in [0.15, 0.2) is 0 Å². The first-order valence-electron chi connectivity index (χ1n) is 5.90. The van der Waals surface area contributed by atoms with Crippen molar-refractivity contribution in [1.29, 1.82) is 0 Å². The Morgan fingerprint density at radius 2 is 2.12 bits per heavy atom. The number of nitrogens with one attached hydrogen (secondary N) is 1. The summed E-state index contributed by atoms with van der Waals surface area (Å²) in [6.45, 7) is 8.41. The SMILES string of the molecule is Cc1nc2c(c(N(C)CC(C)C)n1)CCN2. The third kappa shape index (κ3) is 2.10. The second kappa shape index (κ2) is 4.28. The van der Waals surface area contributed by atoms with Crippen molar-refractivity contribution in [2.45, 2.75) is 27.2 Å². The molecule has 1 aliphatic heterocycles. The fraction of sp³-hybridized carbons (Fsp3) is 0.667. The predicted octanol–water partition coefficient (Wildman–Crippen LogP) is 1.85. The number of aryl methyl sites for hydroxylation is 1. The van der Waals surface area contributed by atoms with E-state index in [9.17, 15) is 0 Å². The molecule has 4 heteroatoms. The maximum Gasteiger partial charge on any atom is 0.137 e. The van der Waals surface area contributed by atoms with Crippen LogP contribution < -0.4 is 10.2 Å². The molecule has 0 bridgehead atoms. The van der Waals surface area contributed by atoms with Crippen LogP contribution in [-0.2, 0) is 6.42 Å². The molecule has 0 radical (unpaired) electrons. The van der Waals surface area contributed by atoms with Crippen LogP contribution in [0.3, 0.4) is 0 Å². The van der Waals surface area contributed by atoms with E-state index in [0.29, 0.717) is 5.92 Å². The molecule has 88 valence electrons. The summed E-state index contributed by atoms with van der Waals surface area (Å²) in [7, 11) is 2.11. The third-order valence-electron chi connectivity index (χ3n) is 2.77. The van der Waals surface area contributed by atoms with Gasteiger partial charge in [0.2, 0.25) is 0 Å². The lowest BCUT2D eigenvalue weighted by molar-refractivity contribution is 0.632. The molecule has 0 saturated carbocycles. The Kier molecular flexibility index (Phi) is 2.99. The summed E-state index contributed by atoms with van der Waals surface area (Å²) < 4.78 is 0. The lowest BCUT2D eigenvalue weighted by atomic mass is 10.2. The van der Waals surface area contributed by atoms with E-state index in [0.717, 1.165) is 37.0 Å². The van der Waals surface area contributed by atoms with Crippen LogP contribution in [0.2, 0.25) is 0 Å². The highest BCUT2D eigenvalue weighted by Gasteiger charge is 2.20. The molecule has 1 aliphatic rings. The Labute approximate surface area is 97.1 Å². The first-order valence-corrected chi connectivity index (χ1v) is 5.90. The fourth-order valence-electron chi connectivity index (χ4n) is 2.21. The molecule has 16 heavy (non-hydrogen) atoms. The van der Waals surface area contributed by atoms with Gasteiger partial charge in [-0.15, -0.1) is 0 Å². The lowest BCUT2D eigenvalue weighted by Gasteiger charge is -2.22.